The van der Waals surface area contributed by atoms with Gasteiger partial charge in [-0.15, -0.1) is 0 Å². The van der Waals surface area contributed by atoms with Crippen molar-refractivity contribution in [2.24, 2.45) is 5.73 Å². The second kappa shape index (κ2) is 7.53. The minimum Gasteiger partial charge on any atom is -0.361 e. The number of carbonyl (C=O) groups excluding carboxylic acids is 2. The van der Waals surface area contributed by atoms with Crippen molar-refractivity contribution in [1.29, 1.82) is 0 Å². The second-order valence-corrected chi connectivity index (χ2v) is 5.83. The number of primary amides is 1. The number of urea groups is 1. The lowest BCUT2D eigenvalue weighted by Gasteiger charge is -2.07. The Morgan fingerprint density at radius 2 is 1.76 bits per heavy atom. The van der Waals surface area contributed by atoms with Gasteiger partial charge in [0.2, 0.25) is 5.91 Å². The van der Waals surface area contributed by atoms with Crippen LogP contribution in [0.2, 0.25) is 0 Å². The van der Waals surface area contributed by atoms with E-state index in [1.54, 1.807) is 24.3 Å². The molecule has 3 amide bonds. The molecule has 128 valence electrons. The van der Waals surface area contributed by atoms with Crippen molar-refractivity contribution < 1.29 is 9.59 Å². The highest BCUT2D eigenvalue weighted by Gasteiger charge is 2.06. The van der Waals surface area contributed by atoms with Gasteiger partial charge in [0.15, 0.2) is 0 Å². The fourth-order valence-corrected chi connectivity index (χ4v) is 2.82. The highest BCUT2D eigenvalue weighted by Crippen LogP contribution is 2.20. The van der Waals surface area contributed by atoms with Crippen molar-refractivity contribution in [2.45, 2.75) is 19.3 Å². The summed E-state index contributed by atoms with van der Waals surface area (Å²) in [5, 5.41) is 6.52. The van der Waals surface area contributed by atoms with E-state index in [0.717, 1.165) is 18.4 Å². The monoisotopic (exact) mass is 336 g/mol. The first-order valence-electron chi connectivity index (χ1n) is 8.13. The molecule has 0 unspecified atom stereocenters. The number of para-hydroxylation sites is 1. The summed E-state index contributed by atoms with van der Waals surface area (Å²) < 4.78 is 0. The van der Waals surface area contributed by atoms with Gasteiger partial charge in [0.1, 0.15) is 0 Å². The second-order valence-electron chi connectivity index (χ2n) is 5.83. The molecule has 0 saturated heterocycles. The smallest absolute Gasteiger partial charge is 0.316 e. The van der Waals surface area contributed by atoms with Gasteiger partial charge in [-0.25, -0.2) is 4.79 Å². The van der Waals surface area contributed by atoms with Gasteiger partial charge in [-0.3, -0.25) is 4.79 Å². The van der Waals surface area contributed by atoms with Crippen LogP contribution in [-0.4, -0.2) is 16.9 Å². The number of benzene rings is 2. The van der Waals surface area contributed by atoms with Crippen LogP contribution in [0.1, 0.15) is 18.4 Å². The highest BCUT2D eigenvalue weighted by molar-refractivity contribution is 5.93. The zero-order valence-corrected chi connectivity index (χ0v) is 13.7. The molecule has 6 heteroatoms. The Morgan fingerprint density at radius 1 is 1.00 bits per heavy atom. The number of amides is 3. The predicted molar refractivity (Wildman–Crippen MR) is 99.5 cm³/mol. The van der Waals surface area contributed by atoms with E-state index < -0.39 is 6.03 Å². The molecule has 0 bridgehead atoms. The Bertz CT molecular complexity index is 901. The molecule has 1 heterocycles. The molecule has 0 aliphatic heterocycles. The number of aryl methyl sites for hydroxylation is 1. The number of hydrogen-bond acceptors (Lipinski definition) is 2. The summed E-state index contributed by atoms with van der Waals surface area (Å²) in [7, 11) is 0. The van der Waals surface area contributed by atoms with Crippen molar-refractivity contribution >= 4 is 34.2 Å². The maximum Gasteiger partial charge on any atom is 0.316 e. The molecular weight excluding hydrogens is 316 g/mol. The topological polar surface area (TPSA) is 100 Å². The summed E-state index contributed by atoms with van der Waals surface area (Å²) in [6, 6.07) is 14.4. The number of nitrogens with two attached hydrogens (primary N) is 1. The summed E-state index contributed by atoms with van der Waals surface area (Å²) in [4.78, 5) is 26.2. The van der Waals surface area contributed by atoms with Crippen molar-refractivity contribution in [3.63, 3.8) is 0 Å². The molecule has 5 N–H and O–H groups in total. The number of hydrogen-bond donors (Lipinski definition) is 4. The van der Waals surface area contributed by atoms with Crippen LogP contribution >= 0.6 is 0 Å². The lowest BCUT2D eigenvalue weighted by molar-refractivity contribution is -0.116. The van der Waals surface area contributed by atoms with Crippen molar-refractivity contribution in [2.75, 3.05) is 10.6 Å². The SMILES string of the molecule is NC(=O)Nc1cccc(NC(=O)CCCc2c[nH]c3ccccc23)c1. The van der Waals surface area contributed by atoms with E-state index >= 15 is 0 Å². The van der Waals surface area contributed by atoms with Crippen molar-refractivity contribution in [3.8, 4) is 0 Å². The van der Waals surface area contributed by atoms with E-state index in [0.29, 0.717) is 17.8 Å². The van der Waals surface area contributed by atoms with Gasteiger partial charge in [-0.2, -0.15) is 0 Å². The van der Waals surface area contributed by atoms with Crippen LogP contribution in [0.15, 0.2) is 54.7 Å². The molecule has 0 radical (unpaired) electrons. The molecule has 0 spiro atoms. The fourth-order valence-electron chi connectivity index (χ4n) is 2.82. The molecule has 1 aromatic heterocycles. The normalized spacial score (nSPS) is 10.6. The zero-order valence-electron chi connectivity index (χ0n) is 13.7. The van der Waals surface area contributed by atoms with Gasteiger partial charge < -0.3 is 21.4 Å². The molecule has 3 aromatic rings. The molecule has 2 aromatic carbocycles. The minimum absolute atomic E-state index is 0.0592. The van der Waals surface area contributed by atoms with Gasteiger partial charge in [0.05, 0.1) is 0 Å². The molecule has 0 fully saturated rings. The Labute approximate surface area is 145 Å². The van der Waals surface area contributed by atoms with Gasteiger partial charge in [0.25, 0.3) is 0 Å². The lowest BCUT2D eigenvalue weighted by Crippen LogP contribution is -2.19. The van der Waals surface area contributed by atoms with Crippen LogP contribution < -0.4 is 16.4 Å². The van der Waals surface area contributed by atoms with Crippen LogP contribution in [0.4, 0.5) is 16.2 Å². The Morgan fingerprint density at radius 3 is 2.56 bits per heavy atom. The van der Waals surface area contributed by atoms with Crippen LogP contribution in [0, 0.1) is 0 Å². The predicted octanol–water partition coefficient (Wildman–Crippen LogP) is 3.62. The zero-order chi connectivity index (χ0) is 17.6. The Hall–Kier alpha value is -3.28. The van der Waals surface area contributed by atoms with Gasteiger partial charge >= 0.3 is 6.03 Å². The number of rotatable bonds is 6. The van der Waals surface area contributed by atoms with Crippen LogP contribution in [0.3, 0.4) is 0 Å². The lowest BCUT2D eigenvalue weighted by atomic mass is 10.1. The Kier molecular flexibility index (Phi) is 4.99. The fraction of sp³-hybridized carbons (Fsp3) is 0.158. The number of aromatic amines is 1. The number of carbonyl (C=O) groups is 2. The molecular formula is C19H20N4O2. The summed E-state index contributed by atoms with van der Waals surface area (Å²) in [6.45, 7) is 0. The van der Waals surface area contributed by atoms with E-state index in [-0.39, 0.29) is 5.91 Å². The maximum atomic E-state index is 12.1. The van der Waals surface area contributed by atoms with Crippen LogP contribution in [0.5, 0.6) is 0 Å². The number of H-pyrrole nitrogens is 1. The summed E-state index contributed by atoms with van der Waals surface area (Å²) in [5.74, 6) is -0.0592. The van der Waals surface area contributed by atoms with E-state index in [1.165, 1.54) is 10.9 Å². The first-order chi connectivity index (χ1) is 12.1. The maximum absolute atomic E-state index is 12.1. The number of nitrogens with one attached hydrogen (secondary N) is 3. The third-order valence-electron chi connectivity index (χ3n) is 3.94. The van der Waals surface area contributed by atoms with Crippen LogP contribution in [-0.2, 0) is 11.2 Å². The quantitative estimate of drug-likeness (QED) is 0.553. The highest BCUT2D eigenvalue weighted by atomic mass is 16.2. The molecule has 0 atom stereocenters. The molecule has 0 aliphatic rings. The number of anilines is 2. The first-order valence-corrected chi connectivity index (χ1v) is 8.13. The minimum atomic E-state index is -0.637. The van der Waals surface area contributed by atoms with Gasteiger partial charge in [0, 0.05) is 34.9 Å². The number of aromatic nitrogens is 1. The van der Waals surface area contributed by atoms with E-state index in [9.17, 15) is 9.59 Å². The van der Waals surface area contributed by atoms with Gasteiger partial charge in [-0.05, 0) is 42.7 Å². The largest absolute Gasteiger partial charge is 0.361 e. The molecule has 0 aliphatic carbocycles. The average Bonchev–Trinajstić information content (AvgIpc) is 2.98. The summed E-state index contributed by atoms with van der Waals surface area (Å²) >= 11 is 0. The van der Waals surface area contributed by atoms with E-state index in [4.69, 9.17) is 5.73 Å². The standard InChI is InChI=1S/C19H20N4O2/c20-19(25)23-15-7-4-6-14(11-15)22-18(24)10-3-5-13-12-21-17-9-2-1-8-16(13)17/h1-2,4,6-9,11-12,21H,3,5,10H2,(H,22,24)(H3,20,23,25). The number of fused-ring (bicyclic) bond motifs is 1. The molecule has 3 rings (SSSR count). The average molecular weight is 336 g/mol. The summed E-state index contributed by atoms with van der Waals surface area (Å²) in [6.07, 6.45) is 4.02. The summed E-state index contributed by atoms with van der Waals surface area (Å²) in [5.41, 5.74) is 8.59. The van der Waals surface area contributed by atoms with E-state index in [1.807, 2.05) is 24.4 Å². The van der Waals surface area contributed by atoms with Crippen LogP contribution in [0.25, 0.3) is 10.9 Å². The van der Waals surface area contributed by atoms with Crippen molar-refractivity contribution in [3.05, 3.63) is 60.3 Å². The van der Waals surface area contributed by atoms with E-state index in [2.05, 4.69) is 21.7 Å². The molecule has 25 heavy (non-hydrogen) atoms. The van der Waals surface area contributed by atoms with Crippen molar-refractivity contribution in [1.82, 2.24) is 4.98 Å². The molecule has 0 saturated carbocycles. The Balaban J connectivity index is 1.52. The first kappa shape index (κ1) is 16.6. The third kappa shape index (κ3) is 4.38. The molecule has 6 nitrogen and oxygen atoms in total. The van der Waals surface area contributed by atoms with Gasteiger partial charge in [-0.1, -0.05) is 24.3 Å². The third-order valence-corrected chi connectivity index (χ3v) is 3.94.